The molecule has 3 rings (SSSR count). The first-order valence-electron chi connectivity index (χ1n) is 7.11. The highest BCUT2D eigenvalue weighted by molar-refractivity contribution is 7.15. The molecule has 0 spiro atoms. The van der Waals surface area contributed by atoms with Crippen LogP contribution in [0.4, 0.5) is 0 Å². The van der Waals surface area contributed by atoms with Gasteiger partial charge in [-0.15, -0.1) is 11.3 Å². The van der Waals surface area contributed by atoms with Crippen LogP contribution in [0.25, 0.3) is 4.96 Å². The monoisotopic (exact) mass is 331 g/mol. The van der Waals surface area contributed by atoms with Gasteiger partial charge in [0, 0.05) is 17.8 Å². The van der Waals surface area contributed by atoms with Gasteiger partial charge in [-0.2, -0.15) is 0 Å². The highest BCUT2D eigenvalue weighted by atomic mass is 32.1. The lowest BCUT2D eigenvalue weighted by molar-refractivity contribution is -0.123. The number of ether oxygens (including phenoxy) is 2. The first-order chi connectivity index (χ1) is 11.2. The van der Waals surface area contributed by atoms with Crippen LogP contribution in [0.2, 0.25) is 0 Å². The number of aromatic nitrogens is 2. The Hall–Kier alpha value is -2.54. The minimum atomic E-state index is -0.205. The molecule has 23 heavy (non-hydrogen) atoms. The second-order valence-corrected chi connectivity index (χ2v) is 5.92. The number of hydrogen-bond donors (Lipinski definition) is 1. The third-order valence-corrected chi connectivity index (χ3v) is 4.06. The summed E-state index contributed by atoms with van der Waals surface area (Å²) < 4.78 is 12.7. The largest absolute Gasteiger partial charge is 0.493 e. The molecule has 1 N–H and O–H groups in total. The van der Waals surface area contributed by atoms with Crippen molar-refractivity contribution >= 4 is 22.2 Å². The lowest BCUT2D eigenvalue weighted by Crippen LogP contribution is -2.28. The molecule has 0 atom stereocenters. The van der Waals surface area contributed by atoms with Crippen molar-refractivity contribution in [2.75, 3.05) is 13.7 Å². The Morgan fingerprint density at radius 1 is 1.39 bits per heavy atom. The number of carbonyl (C=O) groups is 1. The zero-order chi connectivity index (χ0) is 16.2. The fraction of sp³-hybridized carbons (Fsp3) is 0.250. The molecule has 0 saturated carbocycles. The lowest BCUT2D eigenvalue weighted by Gasteiger charge is -2.11. The predicted molar refractivity (Wildman–Crippen MR) is 88.1 cm³/mol. The molecular formula is C16H17N3O3S. The summed E-state index contributed by atoms with van der Waals surface area (Å²) in [5, 5.41) is 4.76. The van der Waals surface area contributed by atoms with Gasteiger partial charge in [-0.1, -0.05) is 6.07 Å². The minimum absolute atomic E-state index is 0.0678. The van der Waals surface area contributed by atoms with E-state index in [0.717, 1.165) is 16.2 Å². The number of benzene rings is 1. The second-order valence-electron chi connectivity index (χ2n) is 5.04. The van der Waals surface area contributed by atoms with Crippen molar-refractivity contribution in [3.8, 4) is 11.5 Å². The summed E-state index contributed by atoms with van der Waals surface area (Å²) in [7, 11) is 1.58. The van der Waals surface area contributed by atoms with Gasteiger partial charge in [0.05, 0.1) is 19.3 Å². The van der Waals surface area contributed by atoms with E-state index in [1.807, 2.05) is 41.2 Å². The summed E-state index contributed by atoms with van der Waals surface area (Å²) >= 11 is 1.56. The van der Waals surface area contributed by atoms with Gasteiger partial charge in [0.1, 0.15) is 0 Å². The molecule has 0 saturated heterocycles. The number of aryl methyl sites for hydroxylation is 1. The Balaban J connectivity index is 1.52. The normalized spacial score (nSPS) is 10.7. The Morgan fingerprint density at radius 3 is 3.04 bits per heavy atom. The molecule has 6 nitrogen and oxygen atoms in total. The number of fused-ring (bicyclic) bond motifs is 1. The minimum Gasteiger partial charge on any atom is -0.493 e. The smallest absolute Gasteiger partial charge is 0.258 e. The molecule has 7 heteroatoms. The quantitative estimate of drug-likeness (QED) is 0.753. The number of rotatable bonds is 6. The molecule has 0 bridgehead atoms. The van der Waals surface area contributed by atoms with E-state index >= 15 is 0 Å². The molecule has 1 aromatic carbocycles. The third-order valence-electron chi connectivity index (χ3n) is 3.29. The molecule has 1 amide bonds. The number of carbonyl (C=O) groups excluding carboxylic acids is 1. The number of thiazole rings is 1. The van der Waals surface area contributed by atoms with E-state index < -0.39 is 0 Å². The molecule has 3 aromatic rings. The second kappa shape index (κ2) is 6.70. The number of nitrogens with one attached hydrogen (secondary N) is 1. The molecule has 0 fully saturated rings. The van der Waals surface area contributed by atoms with E-state index in [0.29, 0.717) is 18.0 Å². The van der Waals surface area contributed by atoms with Crippen molar-refractivity contribution in [2.45, 2.75) is 13.5 Å². The highest BCUT2D eigenvalue weighted by Gasteiger charge is 2.09. The summed E-state index contributed by atoms with van der Waals surface area (Å²) in [5.74, 6) is 0.965. The van der Waals surface area contributed by atoms with Crippen molar-refractivity contribution in [2.24, 2.45) is 0 Å². The topological polar surface area (TPSA) is 64.9 Å². The lowest BCUT2D eigenvalue weighted by atomic mass is 10.2. The van der Waals surface area contributed by atoms with Gasteiger partial charge in [-0.25, -0.2) is 4.98 Å². The number of imidazole rings is 1. The summed E-state index contributed by atoms with van der Waals surface area (Å²) in [5.41, 5.74) is 1.89. The van der Waals surface area contributed by atoms with Crippen LogP contribution in [0, 0.1) is 6.92 Å². The standard InChI is InChI=1S/C16H17N3O3S/c1-11-3-4-13(14(7-11)21-2)22-10-15(20)17-8-12-9-19-5-6-23-16(19)18-12/h3-7,9H,8,10H2,1-2H3,(H,17,20). The zero-order valence-corrected chi connectivity index (χ0v) is 13.7. The fourth-order valence-electron chi connectivity index (χ4n) is 2.14. The Labute approximate surface area is 137 Å². The van der Waals surface area contributed by atoms with Crippen molar-refractivity contribution in [3.63, 3.8) is 0 Å². The van der Waals surface area contributed by atoms with E-state index in [2.05, 4.69) is 10.3 Å². The highest BCUT2D eigenvalue weighted by Crippen LogP contribution is 2.27. The third kappa shape index (κ3) is 3.62. The van der Waals surface area contributed by atoms with Crippen molar-refractivity contribution in [3.05, 3.63) is 47.2 Å². The Bertz CT molecular complexity index is 796. The predicted octanol–water partition coefficient (Wildman–Crippen LogP) is 2.41. The number of nitrogens with zero attached hydrogens (tertiary/aromatic N) is 2. The van der Waals surface area contributed by atoms with E-state index in [1.165, 1.54) is 0 Å². The Kier molecular flexibility index (Phi) is 4.47. The average molecular weight is 331 g/mol. The first kappa shape index (κ1) is 15.4. The van der Waals surface area contributed by atoms with Crippen molar-refractivity contribution in [1.29, 1.82) is 0 Å². The van der Waals surface area contributed by atoms with Crippen molar-refractivity contribution < 1.29 is 14.3 Å². The molecule has 0 unspecified atom stereocenters. The van der Waals surface area contributed by atoms with E-state index in [-0.39, 0.29) is 12.5 Å². The maximum absolute atomic E-state index is 11.9. The molecule has 120 valence electrons. The number of amides is 1. The van der Waals surface area contributed by atoms with Gasteiger partial charge < -0.3 is 14.8 Å². The molecule has 2 aromatic heterocycles. The maximum Gasteiger partial charge on any atom is 0.258 e. The van der Waals surface area contributed by atoms with Crippen LogP contribution in [-0.4, -0.2) is 29.0 Å². The van der Waals surface area contributed by atoms with Gasteiger partial charge in [-0.05, 0) is 24.6 Å². The van der Waals surface area contributed by atoms with Gasteiger partial charge in [-0.3, -0.25) is 9.20 Å². The SMILES string of the molecule is COc1cc(C)ccc1OCC(=O)NCc1cn2ccsc2n1. The molecule has 0 aliphatic carbocycles. The Morgan fingerprint density at radius 2 is 2.26 bits per heavy atom. The van der Waals surface area contributed by atoms with Crippen LogP contribution in [0.15, 0.2) is 36.0 Å². The van der Waals surface area contributed by atoms with Gasteiger partial charge >= 0.3 is 0 Å². The van der Waals surface area contributed by atoms with Gasteiger partial charge in [0.2, 0.25) is 0 Å². The fourth-order valence-corrected chi connectivity index (χ4v) is 2.86. The summed E-state index contributed by atoms with van der Waals surface area (Å²) in [6, 6.07) is 5.57. The molecule has 0 aliphatic heterocycles. The first-order valence-corrected chi connectivity index (χ1v) is 7.99. The summed E-state index contributed by atoms with van der Waals surface area (Å²) in [6.45, 7) is 2.28. The zero-order valence-electron chi connectivity index (χ0n) is 12.9. The number of methoxy groups -OCH3 is 1. The van der Waals surface area contributed by atoms with Crippen LogP contribution >= 0.6 is 11.3 Å². The summed E-state index contributed by atoms with van der Waals surface area (Å²) in [4.78, 5) is 17.2. The average Bonchev–Trinajstić information content (AvgIpc) is 3.12. The van der Waals surface area contributed by atoms with E-state index in [9.17, 15) is 4.79 Å². The van der Waals surface area contributed by atoms with Crippen molar-refractivity contribution in [1.82, 2.24) is 14.7 Å². The summed E-state index contributed by atoms with van der Waals surface area (Å²) in [6.07, 6.45) is 3.83. The number of hydrogen-bond acceptors (Lipinski definition) is 5. The maximum atomic E-state index is 11.9. The van der Waals surface area contributed by atoms with Crippen LogP contribution in [0.1, 0.15) is 11.3 Å². The van der Waals surface area contributed by atoms with Crippen LogP contribution in [0.5, 0.6) is 11.5 Å². The van der Waals surface area contributed by atoms with Gasteiger partial charge in [0.15, 0.2) is 23.1 Å². The van der Waals surface area contributed by atoms with Gasteiger partial charge in [0.25, 0.3) is 5.91 Å². The molecular weight excluding hydrogens is 314 g/mol. The molecule has 0 radical (unpaired) electrons. The van der Waals surface area contributed by atoms with E-state index in [1.54, 1.807) is 24.5 Å². The van der Waals surface area contributed by atoms with Crippen LogP contribution in [-0.2, 0) is 11.3 Å². The van der Waals surface area contributed by atoms with Crippen LogP contribution < -0.4 is 14.8 Å². The van der Waals surface area contributed by atoms with E-state index in [4.69, 9.17) is 9.47 Å². The molecule has 2 heterocycles. The van der Waals surface area contributed by atoms with Crippen LogP contribution in [0.3, 0.4) is 0 Å². The molecule has 0 aliphatic rings.